The summed E-state index contributed by atoms with van der Waals surface area (Å²) < 4.78 is 5.41. The minimum Gasteiger partial charge on any atom is -0.465 e. The van der Waals surface area contributed by atoms with E-state index in [9.17, 15) is 14.7 Å². The molecule has 1 amide bonds. The quantitative estimate of drug-likeness (QED) is 0.807. The van der Waals surface area contributed by atoms with Crippen LogP contribution in [-0.2, 0) is 16.1 Å². The predicted molar refractivity (Wildman–Crippen MR) is 90.5 cm³/mol. The number of likely N-dealkylation sites (tertiary alicyclic amines) is 1. The summed E-state index contributed by atoms with van der Waals surface area (Å²) in [7, 11) is 0. The van der Waals surface area contributed by atoms with E-state index in [4.69, 9.17) is 4.74 Å². The lowest BCUT2D eigenvalue weighted by Gasteiger charge is -2.31. The zero-order valence-electron chi connectivity index (χ0n) is 13.5. The molecule has 2 unspecified atom stereocenters. The summed E-state index contributed by atoms with van der Waals surface area (Å²) in [5.74, 6) is -0.621. The van der Waals surface area contributed by atoms with Gasteiger partial charge in [0, 0.05) is 17.8 Å². The van der Waals surface area contributed by atoms with E-state index in [0.717, 1.165) is 18.4 Å². The van der Waals surface area contributed by atoms with Crippen molar-refractivity contribution in [3.63, 3.8) is 0 Å². The molecule has 6 heteroatoms. The molecule has 126 valence electrons. The van der Waals surface area contributed by atoms with E-state index in [1.807, 2.05) is 43.5 Å². The average molecular weight is 337 g/mol. The van der Waals surface area contributed by atoms with Gasteiger partial charge in [0.2, 0.25) is 0 Å². The highest BCUT2D eigenvalue weighted by atomic mass is 32.2. The van der Waals surface area contributed by atoms with Gasteiger partial charge in [-0.15, -0.1) is 0 Å². The highest BCUT2D eigenvalue weighted by molar-refractivity contribution is 7.99. The smallest absolute Gasteiger partial charge is 0.407 e. The first kappa shape index (κ1) is 17.7. The molecule has 2 rings (SSSR count). The van der Waals surface area contributed by atoms with Crippen molar-refractivity contribution in [1.29, 1.82) is 0 Å². The van der Waals surface area contributed by atoms with Crippen LogP contribution in [0.1, 0.15) is 25.3 Å². The molecule has 0 spiro atoms. The van der Waals surface area contributed by atoms with Gasteiger partial charge in [0.05, 0.1) is 5.92 Å². The number of amides is 1. The molecule has 1 aliphatic rings. The largest absolute Gasteiger partial charge is 0.465 e. The van der Waals surface area contributed by atoms with Crippen molar-refractivity contribution in [1.82, 2.24) is 4.90 Å². The maximum atomic E-state index is 12.3. The van der Waals surface area contributed by atoms with Gasteiger partial charge in [0.1, 0.15) is 6.61 Å². The fourth-order valence-electron chi connectivity index (χ4n) is 3.06. The molecule has 1 aliphatic heterocycles. The molecule has 0 saturated carbocycles. The van der Waals surface area contributed by atoms with Gasteiger partial charge >= 0.3 is 12.1 Å². The Bertz CT molecular complexity index is 537. The van der Waals surface area contributed by atoms with Crippen molar-refractivity contribution in [2.24, 2.45) is 5.92 Å². The molecule has 0 aromatic heterocycles. The van der Waals surface area contributed by atoms with Crippen molar-refractivity contribution in [3.8, 4) is 0 Å². The molecule has 1 saturated heterocycles. The van der Waals surface area contributed by atoms with Crippen LogP contribution < -0.4 is 0 Å². The van der Waals surface area contributed by atoms with Gasteiger partial charge in [-0.05, 0) is 24.7 Å². The molecule has 23 heavy (non-hydrogen) atoms. The number of thioether (sulfide) groups is 1. The molecule has 1 fully saturated rings. The molecule has 0 radical (unpaired) electrons. The standard InChI is InChI=1S/C17H23NO4S/c1-12(16(19)22-11-13-7-4-3-5-8-13)15(23-2)14-9-6-10-18(14)17(20)21/h3-5,7-8,12,14-15H,6,9-11H2,1-2H3,(H,20,21)/t12?,14-,15?/m0/s1. The summed E-state index contributed by atoms with van der Waals surface area (Å²) in [6.07, 6.45) is 2.66. The molecule has 5 nitrogen and oxygen atoms in total. The number of esters is 1. The van der Waals surface area contributed by atoms with E-state index in [1.54, 1.807) is 11.8 Å². The van der Waals surface area contributed by atoms with Crippen molar-refractivity contribution in [2.45, 2.75) is 37.7 Å². The molecular weight excluding hydrogens is 314 g/mol. The summed E-state index contributed by atoms with van der Waals surface area (Å²) >= 11 is 1.54. The minimum atomic E-state index is -0.906. The van der Waals surface area contributed by atoms with Crippen LogP contribution in [0.15, 0.2) is 30.3 Å². The molecule has 1 heterocycles. The topological polar surface area (TPSA) is 66.8 Å². The van der Waals surface area contributed by atoms with Crippen molar-refractivity contribution in [3.05, 3.63) is 35.9 Å². The third-order valence-corrected chi connectivity index (χ3v) is 5.55. The van der Waals surface area contributed by atoms with Crippen LogP contribution in [0.3, 0.4) is 0 Å². The number of hydrogen-bond donors (Lipinski definition) is 1. The predicted octanol–water partition coefficient (Wildman–Crippen LogP) is 3.24. The lowest BCUT2D eigenvalue weighted by Crippen LogP contribution is -2.45. The highest BCUT2D eigenvalue weighted by Crippen LogP contribution is 2.32. The monoisotopic (exact) mass is 337 g/mol. The average Bonchev–Trinajstić information content (AvgIpc) is 3.04. The lowest BCUT2D eigenvalue weighted by molar-refractivity contribution is -0.149. The number of nitrogens with zero attached hydrogens (tertiary/aromatic N) is 1. The van der Waals surface area contributed by atoms with Crippen LogP contribution in [0.4, 0.5) is 4.79 Å². The summed E-state index contributed by atoms with van der Waals surface area (Å²) in [6, 6.07) is 9.42. The number of carboxylic acid groups (broad SMARTS) is 1. The third-order valence-electron chi connectivity index (χ3n) is 4.28. The summed E-state index contributed by atoms with van der Waals surface area (Å²) in [5, 5.41) is 9.21. The maximum Gasteiger partial charge on any atom is 0.407 e. The van der Waals surface area contributed by atoms with E-state index < -0.39 is 6.09 Å². The number of rotatable bonds is 6. The van der Waals surface area contributed by atoms with Crippen LogP contribution in [0, 0.1) is 5.92 Å². The normalized spacial score (nSPS) is 20.1. The molecule has 0 bridgehead atoms. The van der Waals surface area contributed by atoms with Gasteiger partial charge in [0.25, 0.3) is 0 Å². The number of ether oxygens (including phenoxy) is 1. The fraction of sp³-hybridized carbons (Fsp3) is 0.529. The van der Waals surface area contributed by atoms with Crippen molar-refractivity contribution in [2.75, 3.05) is 12.8 Å². The van der Waals surface area contributed by atoms with E-state index in [0.29, 0.717) is 6.54 Å². The zero-order valence-corrected chi connectivity index (χ0v) is 14.3. The first-order valence-electron chi connectivity index (χ1n) is 7.77. The molecule has 1 N–H and O–H groups in total. The zero-order chi connectivity index (χ0) is 16.8. The van der Waals surface area contributed by atoms with Crippen LogP contribution in [0.2, 0.25) is 0 Å². The molecular formula is C17H23NO4S. The van der Waals surface area contributed by atoms with E-state index >= 15 is 0 Å². The van der Waals surface area contributed by atoms with Gasteiger partial charge in [-0.1, -0.05) is 37.3 Å². The number of carbonyl (C=O) groups excluding carboxylic acids is 1. The Kier molecular flexibility index (Phi) is 6.33. The Hall–Kier alpha value is -1.69. The first-order chi connectivity index (χ1) is 11.0. The van der Waals surface area contributed by atoms with Crippen LogP contribution in [0.5, 0.6) is 0 Å². The van der Waals surface area contributed by atoms with Crippen LogP contribution in [-0.4, -0.2) is 46.2 Å². The van der Waals surface area contributed by atoms with Crippen LogP contribution in [0.25, 0.3) is 0 Å². The first-order valence-corrected chi connectivity index (χ1v) is 9.06. The molecule has 1 aromatic rings. The summed E-state index contributed by atoms with van der Waals surface area (Å²) in [4.78, 5) is 25.1. The van der Waals surface area contributed by atoms with Crippen LogP contribution >= 0.6 is 11.8 Å². The highest BCUT2D eigenvalue weighted by Gasteiger charge is 2.39. The van der Waals surface area contributed by atoms with Crippen molar-refractivity contribution < 1.29 is 19.4 Å². The summed E-state index contributed by atoms with van der Waals surface area (Å²) in [6.45, 7) is 2.62. The number of hydrogen-bond acceptors (Lipinski definition) is 4. The fourth-order valence-corrected chi connectivity index (χ4v) is 4.18. The Morgan fingerprint density at radius 1 is 1.39 bits per heavy atom. The number of benzene rings is 1. The van der Waals surface area contributed by atoms with E-state index in [1.165, 1.54) is 4.90 Å². The molecule has 0 aliphatic carbocycles. The maximum absolute atomic E-state index is 12.3. The lowest BCUT2D eigenvalue weighted by atomic mass is 9.99. The molecule has 3 atom stereocenters. The van der Waals surface area contributed by atoms with Gasteiger partial charge in [-0.2, -0.15) is 11.8 Å². The van der Waals surface area contributed by atoms with Gasteiger partial charge < -0.3 is 14.7 Å². The van der Waals surface area contributed by atoms with Crippen molar-refractivity contribution >= 4 is 23.8 Å². The SMILES string of the molecule is CSC(C(C)C(=O)OCc1ccccc1)[C@@H]1CCCN1C(=O)O. The van der Waals surface area contributed by atoms with E-state index in [2.05, 4.69) is 0 Å². The Labute approximate surface area is 141 Å². The summed E-state index contributed by atoms with van der Waals surface area (Å²) in [5.41, 5.74) is 0.946. The Morgan fingerprint density at radius 2 is 2.09 bits per heavy atom. The van der Waals surface area contributed by atoms with Gasteiger partial charge in [0.15, 0.2) is 0 Å². The second-order valence-corrected chi connectivity index (χ2v) is 6.78. The second-order valence-electron chi connectivity index (χ2n) is 5.77. The number of carbonyl (C=O) groups is 2. The Balaban J connectivity index is 1.97. The minimum absolute atomic E-state index is 0.0862. The third kappa shape index (κ3) is 4.41. The molecule has 1 aromatic carbocycles. The Morgan fingerprint density at radius 3 is 2.70 bits per heavy atom. The van der Waals surface area contributed by atoms with E-state index in [-0.39, 0.29) is 29.8 Å². The van der Waals surface area contributed by atoms with Gasteiger partial charge in [-0.25, -0.2) is 4.79 Å². The second kappa shape index (κ2) is 8.24. The van der Waals surface area contributed by atoms with Gasteiger partial charge in [-0.3, -0.25) is 4.79 Å².